The summed E-state index contributed by atoms with van der Waals surface area (Å²) in [5.74, 6) is -0.551. The quantitative estimate of drug-likeness (QED) is 0.606. The number of benzene rings is 1. The number of ether oxygens (including phenoxy) is 1. The third-order valence-corrected chi connectivity index (χ3v) is 6.02. The lowest BCUT2D eigenvalue weighted by Gasteiger charge is -2.36. The van der Waals surface area contributed by atoms with Crippen LogP contribution in [0.5, 0.6) is 0 Å². The summed E-state index contributed by atoms with van der Waals surface area (Å²) in [5, 5.41) is 13.0. The van der Waals surface area contributed by atoms with Gasteiger partial charge in [0.15, 0.2) is 5.69 Å². The van der Waals surface area contributed by atoms with Crippen LogP contribution in [0.3, 0.4) is 0 Å². The Hall–Kier alpha value is -2.37. The monoisotopic (exact) mass is 461 g/mol. The van der Waals surface area contributed by atoms with Crippen LogP contribution in [0.1, 0.15) is 21.9 Å². The second-order valence-electron chi connectivity index (χ2n) is 8.71. The summed E-state index contributed by atoms with van der Waals surface area (Å²) in [6, 6.07) is 4.54. The number of anilines is 1. The van der Waals surface area contributed by atoms with Gasteiger partial charge in [-0.15, -0.1) is 0 Å². The number of hydrogen-bond donors (Lipinski definition) is 2. The van der Waals surface area contributed by atoms with Crippen molar-refractivity contribution in [3.05, 3.63) is 47.4 Å². The van der Waals surface area contributed by atoms with E-state index in [-0.39, 0.29) is 17.5 Å². The molecule has 2 N–H and O–H groups in total. The topological polar surface area (TPSA) is 94.3 Å². The third-order valence-electron chi connectivity index (χ3n) is 6.02. The second kappa shape index (κ2) is 11.2. The van der Waals surface area contributed by atoms with Crippen LogP contribution in [-0.4, -0.2) is 102 Å². The van der Waals surface area contributed by atoms with Gasteiger partial charge in [0, 0.05) is 52.4 Å². The van der Waals surface area contributed by atoms with Crippen molar-refractivity contribution in [2.45, 2.75) is 19.6 Å². The smallest absolute Gasteiger partial charge is 0.277 e. The van der Waals surface area contributed by atoms with Crippen LogP contribution < -0.4 is 5.32 Å². The number of carbonyl (C=O) groups excluding carboxylic acids is 1. The van der Waals surface area contributed by atoms with E-state index in [1.165, 1.54) is 12.3 Å². The van der Waals surface area contributed by atoms with Crippen molar-refractivity contribution < 1.29 is 23.4 Å². The highest BCUT2D eigenvalue weighted by Crippen LogP contribution is 2.17. The van der Waals surface area contributed by atoms with Gasteiger partial charge in [-0.2, -0.15) is 0 Å². The summed E-state index contributed by atoms with van der Waals surface area (Å²) >= 11 is 0. The van der Waals surface area contributed by atoms with Crippen molar-refractivity contribution in [2.24, 2.45) is 0 Å². The number of nitrogens with one attached hydrogen (secondary N) is 1. The molecule has 1 aromatic heterocycles. The van der Waals surface area contributed by atoms with E-state index in [9.17, 15) is 14.3 Å². The van der Waals surface area contributed by atoms with Crippen LogP contribution in [-0.2, 0) is 11.3 Å². The molecule has 0 saturated carbocycles. The molecule has 180 valence electrons. The van der Waals surface area contributed by atoms with Gasteiger partial charge in [-0.25, -0.2) is 9.37 Å². The summed E-state index contributed by atoms with van der Waals surface area (Å²) in [6.07, 6.45) is 0.928. The van der Waals surface area contributed by atoms with Crippen molar-refractivity contribution in [3.8, 4) is 0 Å². The zero-order valence-corrected chi connectivity index (χ0v) is 19.0. The number of aryl methyl sites for hydroxylation is 1. The van der Waals surface area contributed by atoms with E-state index in [1.807, 2.05) is 6.92 Å². The summed E-state index contributed by atoms with van der Waals surface area (Å²) in [6.45, 7) is 10.2. The lowest BCUT2D eigenvalue weighted by Crippen LogP contribution is -2.50. The molecule has 2 aliphatic rings. The predicted molar refractivity (Wildman–Crippen MR) is 121 cm³/mol. The Bertz CT molecular complexity index is 925. The highest BCUT2D eigenvalue weighted by molar-refractivity contribution is 6.02. The van der Waals surface area contributed by atoms with Crippen LogP contribution in [0.2, 0.25) is 0 Å². The predicted octanol–water partition coefficient (Wildman–Crippen LogP) is 1.19. The first-order valence-corrected chi connectivity index (χ1v) is 11.4. The molecule has 2 saturated heterocycles. The number of oxazole rings is 1. The van der Waals surface area contributed by atoms with E-state index in [0.717, 1.165) is 58.0 Å². The molecule has 1 amide bonds. The van der Waals surface area contributed by atoms with Crippen molar-refractivity contribution >= 4 is 11.6 Å². The molecule has 1 aromatic carbocycles. The first-order valence-electron chi connectivity index (χ1n) is 11.4. The normalized spacial score (nSPS) is 19.5. The van der Waals surface area contributed by atoms with Crippen LogP contribution >= 0.6 is 0 Å². The summed E-state index contributed by atoms with van der Waals surface area (Å²) in [4.78, 5) is 23.4. The third kappa shape index (κ3) is 6.81. The van der Waals surface area contributed by atoms with Crippen molar-refractivity contribution in [3.63, 3.8) is 0 Å². The molecule has 2 aromatic rings. The summed E-state index contributed by atoms with van der Waals surface area (Å²) in [7, 11) is 0. The number of aliphatic hydroxyl groups is 1. The molecular formula is C23H32FN5O4. The maximum Gasteiger partial charge on any atom is 0.277 e. The van der Waals surface area contributed by atoms with Crippen LogP contribution in [0.4, 0.5) is 10.1 Å². The summed E-state index contributed by atoms with van der Waals surface area (Å²) in [5.41, 5.74) is 1.09. The average molecular weight is 462 g/mol. The zero-order chi connectivity index (χ0) is 23.2. The van der Waals surface area contributed by atoms with Gasteiger partial charge in [0.05, 0.1) is 31.5 Å². The number of piperazine rings is 1. The molecule has 10 heteroatoms. The van der Waals surface area contributed by atoms with E-state index in [0.29, 0.717) is 25.5 Å². The van der Waals surface area contributed by atoms with Crippen LogP contribution in [0.25, 0.3) is 0 Å². The number of carbonyl (C=O) groups is 1. The van der Waals surface area contributed by atoms with Gasteiger partial charge in [0.1, 0.15) is 12.1 Å². The maximum atomic E-state index is 13.9. The molecule has 0 aliphatic carbocycles. The lowest BCUT2D eigenvalue weighted by molar-refractivity contribution is 0.00187. The van der Waals surface area contributed by atoms with Gasteiger partial charge in [0.25, 0.3) is 5.91 Å². The van der Waals surface area contributed by atoms with E-state index in [2.05, 4.69) is 25.0 Å². The second-order valence-corrected chi connectivity index (χ2v) is 8.71. The number of aromatic nitrogens is 1. The molecule has 2 aliphatic heterocycles. The number of amides is 1. The van der Waals surface area contributed by atoms with Crippen molar-refractivity contribution in [2.75, 3.05) is 70.9 Å². The Morgan fingerprint density at radius 2 is 1.79 bits per heavy atom. The minimum absolute atomic E-state index is 0.121. The molecule has 0 radical (unpaired) electrons. The van der Waals surface area contributed by atoms with Gasteiger partial charge in [0.2, 0.25) is 5.89 Å². The minimum Gasteiger partial charge on any atom is -0.447 e. The van der Waals surface area contributed by atoms with Crippen LogP contribution in [0.15, 0.2) is 28.9 Å². The molecule has 4 rings (SSSR count). The van der Waals surface area contributed by atoms with E-state index >= 15 is 0 Å². The number of β-amino-alcohol motifs (C(OH)–C–C–N with tert-alkyl or cyclic N) is 1. The largest absolute Gasteiger partial charge is 0.447 e. The fourth-order valence-corrected chi connectivity index (χ4v) is 4.17. The highest BCUT2D eigenvalue weighted by atomic mass is 19.1. The molecule has 1 atom stereocenters. The van der Waals surface area contributed by atoms with Crippen molar-refractivity contribution in [1.29, 1.82) is 0 Å². The van der Waals surface area contributed by atoms with Crippen LogP contribution in [0, 0.1) is 12.7 Å². The standard InChI is InChI=1S/C23H32FN5O4/c1-17-2-3-19(24)20(12-17)26-23(31)21-16-33-22(25-21)15-28-6-4-27(5-7-28)13-18(30)14-29-8-10-32-11-9-29/h2-3,12,16,18,30H,4-11,13-15H2,1H3,(H,26,31). The lowest BCUT2D eigenvalue weighted by atomic mass is 10.2. The molecule has 3 heterocycles. The number of halogens is 1. The van der Waals surface area contributed by atoms with Gasteiger partial charge in [-0.1, -0.05) is 6.07 Å². The Morgan fingerprint density at radius 1 is 1.12 bits per heavy atom. The Labute approximate surface area is 193 Å². The molecular weight excluding hydrogens is 429 g/mol. The first-order chi connectivity index (χ1) is 16.0. The molecule has 33 heavy (non-hydrogen) atoms. The fourth-order valence-electron chi connectivity index (χ4n) is 4.17. The van der Waals surface area contributed by atoms with Gasteiger partial charge >= 0.3 is 0 Å². The fraction of sp³-hybridized carbons (Fsp3) is 0.565. The Balaban J connectivity index is 1.21. The highest BCUT2D eigenvalue weighted by Gasteiger charge is 2.23. The van der Waals surface area contributed by atoms with Gasteiger partial charge in [-0.05, 0) is 24.6 Å². The summed E-state index contributed by atoms with van der Waals surface area (Å²) < 4.78 is 24.7. The molecule has 9 nitrogen and oxygen atoms in total. The number of aliphatic hydroxyl groups excluding tert-OH is 1. The number of morpholine rings is 1. The number of nitrogens with zero attached hydrogens (tertiary/aromatic N) is 4. The van der Waals surface area contributed by atoms with Crippen molar-refractivity contribution in [1.82, 2.24) is 19.7 Å². The maximum absolute atomic E-state index is 13.9. The molecule has 1 unspecified atom stereocenters. The molecule has 0 bridgehead atoms. The van der Waals surface area contributed by atoms with Gasteiger partial charge in [-0.3, -0.25) is 19.5 Å². The Kier molecular flexibility index (Phi) is 8.05. The average Bonchev–Trinajstić information content (AvgIpc) is 3.27. The number of rotatable bonds is 8. The van der Waals surface area contributed by atoms with E-state index < -0.39 is 11.7 Å². The first kappa shape index (κ1) is 23.8. The SMILES string of the molecule is Cc1ccc(F)c(NC(=O)c2coc(CN3CCN(CC(O)CN4CCOCC4)CC3)n2)c1. The Morgan fingerprint density at radius 3 is 2.52 bits per heavy atom. The number of hydrogen-bond acceptors (Lipinski definition) is 8. The molecule has 2 fully saturated rings. The molecule has 0 spiro atoms. The van der Waals surface area contributed by atoms with E-state index in [1.54, 1.807) is 12.1 Å². The van der Waals surface area contributed by atoms with Gasteiger partial charge < -0.3 is 19.6 Å². The minimum atomic E-state index is -0.506. The zero-order valence-electron chi connectivity index (χ0n) is 19.0. The van der Waals surface area contributed by atoms with E-state index in [4.69, 9.17) is 9.15 Å².